The minimum Gasteiger partial charge on any atom is -0.390 e. The van der Waals surface area contributed by atoms with Gasteiger partial charge in [0.2, 0.25) is 11.4 Å². The van der Waals surface area contributed by atoms with Crippen LogP contribution in [0, 0.1) is 27.6 Å². The van der Waals surface area contributed by atoms with E-state index in [1.54, 1.807) is 25.0 Å². The van der Waals surface area contributed by atoms with Gasteiger partial charge in [0.1, 0.15) is 13.2 Å². The third kappa shape index (κ3) is 30.9. The van der Waals surface area contributed by atoms with E-state index < -0.39 is 7.60 Å². The molecule has 0 bridgehead atoms. The summed E-state index contributed by atoms with van der Waals surface area (Å²) in [5.74, 6) is 0.351. The van der Waals surface area contributed by atoms with Crippen LogP contribution in [0.1, 0.15) is 279 Å². The number of hydrogen-bond acceptors (Lipinski definition) is 3. The van der Waals surface area contributed by atoms with E-state index in [4.69, 9.17) is 4.52 Å². The van der Waals surface area contributed by atoms with E-state index >= 15 is 0 Å². The van der Waals surface area contributed by atoms with Crippen LogP contribution in [0.15, 0.2) is 224 Å². The van der Waals surface area contributed by atoms with Gasteiger partial charge in [-0.2, -0.15) is 9.13 Å². The van der Waals surface area contributed by atoms with Crippen molar-refractivity contribution >= 4 is 31.9 Å². The van der Waals surface area contributed by atoms with E-state index in [9.17, 15) is 14.6 Å². The topological polar surface area (TPSA) is 74.5 Å². The Morgan fingerprint density at radius 1 is 0.495 bits per heavy atom. The molecule has 0 radical (unpaired) electrons. The lowest BCUT2D eigenvalue weighted by Crippen LogP contribution is -2.38. The Bertz CT molecular complexity index is 3470. The van der Waals surface area contributed by atoms with Gasteiger partial charge in [0.15, 0.2) is 18.9 Å². The van der Waals surface area contributed by atoms with Crippen LogP contribution in [0.3, 0.4) is 0 Å². The van der Waals surface area contributed by atoms with E-state index in [2.05, 4.69) is 311 Å². The highest BCUT2D eigenvalue weighted by Gasteiger charge is 2.30. The Labute approximate surface area is 619 Å². The molecule has 2 N–H and O–H groups in total. The Hall–Kier alpha value is -6.27. The minimum absolute atomic E-state index is 0. The first-order valence-electron chi connectivity index (χ1n) is 38.0. The first-order chi connectivity index (χ1) is 47.0. The number of pyridine rings is 2. The second-order valence-electron chi connectivity index (χ2n) is 32.3. The molecule has 554 valence electrons. The zero-order chi connectivity index (χ0) is 74.4. The van der Waals surface area contributed by atoms with E-state index in [1.165, 1.54) is 150 Å². The van der Waals surface area contributed by atoms with Crippen molar-refractivity contribution in [3.05, 3.63) is 247 Å². The number of rotatable bonds is 27. The van der Waals surface area contributed by atoms with Gasteiger partial charge >= 0.3 is 7.60 Å². The summed E-state index contributed by atoms with van der Waals surface area (Å²) in [6.07, 6.45) is 70.6. The van der Waals surface area contributed by atoms with Crippen LogP contribution < -0.4 is 9.13 Å². The fourth-order valence-electron chi connectivity index (χ4n) is 13.9. The van der Waals surface area contributed by atoms with Crippen molar-refractivity contribution in [2.75, 3.05) is 13.2 Å². The zero-order valence-electron chi connectivity index (χ0n) is 67.1. The van der Waals surface area contributed by atoms with E-state index in [-0.39, 0.29) is 41.4 Å². The summed E-state index contributed by atoms with van der Waals surface area (Å²) < 4.78 is 20.7. The van der Waals surface area contributed by atoms with Crippen molar-refractivity contribution in [1.29, 1.82) is 0 Å². The van der Waals surface area contributed by atoms with Gasteiger partial charge in [0.25, 0.3) is 0 Å². The largest absolute Gasteiger partial charge is 0.390 e. The Morgan fingerprint density at radius 2 is 0.812 bits per heavy atom. The number of aryl methyl sites for hydroxylation is 1. The molecule has 2 aromatic rings. The predicted molar refractivity (Wildman–Crippen MR) is 444 cm³/mol. The molecule has 0 aliphatic heterocycles. The summed E-state index contributed by atoms with van der Waals surface area (Å²) in [6.45, 7) is 52.9. The first kappa shape index (κ1) is 88.9. The lowest BCUT2D eigenvalue weighted by molar-refractivity contribution is -0.699. The van der Waals surface area contributed by atoms with Crippen molar-refractivity contribution in [3.8, 4) is 0 Å². The maximum absolute atomic E-state index is 11.3. The molecule has 6 rings (SSSR count). The second kappa shape index (κ2) is 43.1. The molecular formula is C94H141N2O4P+2. The highest BCUT2D eigenvalue weighted by atomic mass is 31.2. The lowest BCUT2D eigenvalue weighted by atomic mass is 9.72. The second-order valence-corrected chi connectivity index (χ2v) is 34.7. The molecule has 0 saturated carbocycles. The zero-order valence-corrected chi connectivity index (χ0v) is 68.0. The van der Waals surface area contributed by atoms with Crippen molar-refractivity contribution in [2.45, 2.75) is 275 Å². The molecule has 101 heavy (non-hydrogen) atoms. The fraction of sp³-hybridized carbons (Fsp3) is 0.511. The maximum atomic E-state index is 11.3. The van der Waals surface area contributed by atoms with Crippen LogP contribution in [-0.2, 0) is 22.2 Å². The summed E-state index contributed by atoms with van der Waals surface area (Å²) >= 11 is 0. The highest BCUT2D eigenvalue weighted by molar-refractivity contribution is 7.53. The summed E-state index contributed by atoms with van der Waals surface area (Å²) in [7, 11) is -3.33. The first-order valence-corrected chi connectivity index (χ1v) is 39.6. The van der Waals surface area contributed by atoms with E-state index in [1.807, 2.05) is 13.8 Å². The molecule has 0 spiro atoms. The molecular weight excluding hydrogens is 1250 g/mol. The Balaban J connectivity index is 0.000000447. The monoisotopic (exact) mass is 1390 g/mol. The fourth-order valence-corrected chi connectivity index (χ4v) is 14.6. The van der Waals surface area contributed by atoms with Gasteiger partial charge in [-0.15, -0.1) is 0 Å². The van der Waals surface area contributed by atoms with Crippen LogP contribution >= 0.6 is 7.60 Å². The summed E-state index contributed by atoms with van der Waals surface area (Å²) in [4.78, 5) is 9.27. The standard InChI is InChI=1S/C43H60N.C42H58NO.C8H19O3P.CH4/c1-11-29-44-30-26-38(21-13-17-34(3)23-25-41-37(6)20-15-28-43(41,9)10)32-39(44)31-35(4)18-12-16-33(2)22-24-40-36(5)19-14-27-42(40,7)8;1-32(20-22-39-35(4)17-12-25-41(39,6)7)14-10-16-34(3)30-38-31-37(24-27-43(38)28-29-44)19-11-15-33(2)21-23-40-36(5)18-13-26-42(40,8)9;1-5-8(4)6-11-12(9,10)7(2)3;/h12-13,16-18,21-26,30-32H,11,14-15,19-20,27-29H2,1-10H3;10-11,14-16,19-24,27,30-31,44H,12-13,17-18,25-26,28-29H2,1-9H3;7-8H,5-6H2,1-4H3,(H,9,10);1H4/q2*+1;;/b18-12+,21-13+,24-22+,25-23+,33-16+,34-17+,35-31+;16-10+,19-11+,22-20+,23-21+,32-14+,33-15+,34-30+;;. The molecule has 4 aliphatic carbocycles. The van der Waals surface area contributed by atoms with Crippen molar-refractivity contribution < 1.29 is 28.2 Å². The predicted octanol–water partition coefficient (Wildman–Crippen LogP) is 26.7. The SMILES string of the molecule is C.CC1=C(/C=C/C(C)=C/C=C/C(C)=C/c2cc(/C=C/C=C(C)/C=C/C3=C(C)CCCC3(C)C)cc[n+]2CCO)C(C)(C)CCC1.CCC(C)COP(=O)(O)C(C)C.CCC[n+]1ccc(/C=C/C=C(C)/C=C/C2=C(C)CCCC2(C)C)cc1/C=C(C)/C=C/C=C(C)/C=C/C1=C(C)CCCC1(C)C. The highest BCUT2D eigenvalue weighted by Crippen LogP contribution is 2.48. The van der Waals surface area contributed by atoms with Crippen LogP contribution in [0.25, 0.3) is 24.3 Å². The molecule has 0 saturated heterocycles. The van der Waals surface area contributed by atoms with Gasteiger partial charge in [0.05, 0.1) is 12.3 Å². The van der Waals surface area contributed by atoms with E-state index in [0.29, 0.717) is 19.1 Å². The van der Waals surface area contributed by atoms with Crippen molar-refractivity contribution in [3.63, 3.8) is 0 Å². The third-order valence-corrected chi connectivity index (χ3v) is 22.4. The molecule has 2 unspecified atom stereocenters. The van der Waals surface area contributed by atoms with Crippen LogP contribution in [0.5, 0.6) is 0 Å². The van der Waals surface area contributed by atoms with Gasteiger partial charge in [-0.1, -0.05) is 270 Å². The summed E-state index contributed by atoms with van der Waals surface area (Å²) in [5.41, 5.74) is 25.1. The number of aromatic nitrogens is 2. The van der Waals surface area contributed by atoms with Crippen LogP contribution in [-0.4, -0.2) is 28.9 Å². The Kier molecular flexibility index (Phi) is 38.0. The number of nitrogens with zero attached hydrogens (tertiary/aromatic N) is 2. The average molecular weight is 1390 g/mol. The molecule has 0 amide bonds. The third-order valence-electron chi connectivity index (χ3n) is 20.6. The van der Waals surface area contributed by atoms with Crippen LogP contribution in [0.2, 0.25) is 0 Å². The van der Waals surface area contributed by atoms with Crippen LogP contribution in [0.4, 0.5) is 0 Å². The van der Waals surface area contributed by atoms with Crippen molar-refractivity contribution in [2.24, 2.45) is 27.6 Å². The van der Waals surface area contributed by atoms with Gasteiger partial charge in [-0.05, 0) is 218 Å². The minimum atomic E-state index is -3.33. The molecule has 2 heterocycles. The molecule has 6 nitrogen and oxygen atoms in total. The molecule has 0 fully saturated rings. The van der Waals surface area contributed by atoms with E-state index in [0.717, 1.165) is 36.2 Å². The van der Waals surface area contributed by atoms with Gasteiger partial charge in [0, 0.05) is 42.8 Å². The maximum Gasteiger partial charge on any atom is 0.330 e. The molecule has 2 atom stereocenters. The van der Waals surface area contributed by atoms with Gasteiger partial charge < -0.3 is 14.5 Å². The average Bonchev–Trinajstić information content (AvgIpc) is 0.725. The molecule has 0 aromatic carbocycles. The quantitative estimate of drug-likeness (QED) is 0.0531. The Morgan fingerprint density at radius 3 is 1.10 bits per heavy atom. The lowest BCUT2D eigenvalue weighted by Gasteiger charge is -2.33. The summed E-state index contributed by atoms with van der Waals surface area (Å²) in [6, 6.07) is 8.81. The molecule has 2 aromatic heterocycles. The van der Waals surface area contributed by atoms with Gasteiger partial charge in [-0.3, -0.25) is 4.57 Å². The number of hydrogen-bond donors (Lipinski definition) is 2. The van der Waals surface area contributed by atoms with Crippen molar-refractivity contribution in [1.82, 2.24) is 0 Å². The normalized spacial score (nSPS) is 20.0. The molecule has 7 heteroatoms. The number of aliphatic hydroxyl groups excluding tert-OH is 1. The van der Waals surface area contributed by atoms with Gasteiger partial charge in [-0.25, -0.2) is 0 Å². The summed E-state index contributed by atoms with van der Waals surface area (Å²) in [5, 5.41) is 9.64. The number of aliphatic hydroxyl groups is 1. The number of allylic oxidation sites excluding steroid dienone is 32. The molecule has 4 aliphatic rings. The smallest absolute Gasteiger partial charge is 0.330 e.